The van der Waals surface area contributed by atoms with Crippen LogP contribution in [0.25, 0.3) is 11.0 Å². The molecular weight excluding hydrogens is 344 g/mol. The highest BCUT2D eigenvalue weighted by atomic mass is 16.5. The van der Waals surface area contributed by atoms with Crippen molar-refractivity contribution in [3.8, 4) is 0 Å². The number of hydrogen-bond acceptors (Lipinski definition) is 4. The number of nitrogens with one attached hydrogen (secondary N) is 2. The first-order chi connectivity index (χ1) is 13.2. The molecule has 0 unspecified atom stereocenters. The topological polar surface area (TPSA) is 79.1 Å². The van der Waals surface area contributed by atoms with Crippen LogP contribution >= 0.6 is 0 Å². The highest BCUT2D eigenvalue weighted by molar-refractivity contribution is 5.80. The molecule has 0 spiro atoms. The number of carbonyl (C=O) groups excluding carboxylic acids is 1. The first-order valence-electron chi connectivity index (χ1n) is 9.54. The van der Waals surface area contributed by atoms with Gasteiger partial charge in [0.1, 0.15) is 11.3 Å². The van der Waals surface area contributed by atoms with E-state index in [9.17, 15) is 4.79 Å². The van der Waals surface area contributed by atoms with Crippen LogP contribution in [0, 0.1) is 0 Å². The second-order valence-corrected chi connectivity index (χ2v) is 6.64. The molecule has 1 amide bonds. The number of aliphatic imine (C=N–C) groups is 1. The lowest BCUT2D eigenvalue weighted by molar-refractivity contribution is 0.111. The number of furan rings is 1. The third-order valence-electron chi connectivity index (χ3n) is 4.72. The number of methoxy groups -OCH3 is 1. The summed E-state index contributed by atoms with van der Waals surface area (Å²) in [6.07, 6.45) is 2.26. The van der Waals surface area contributed by atoms with Gasteiger partial charge in [-0.25, -0.2) is 4.79 Å². The van der Waals surface area contributed by atoms with Crippen molar-refractivity contribution >= 4 is 23.0 Å². The number of para-hydroxylation sites is 1. The molecule has 3 rings (SSSR count). The monoisotopic (exact) mass is 372 g/mol. The van der Waals surface area contributed by atoms with Gasteiger partial charge in [-0.15, -0.1) is 0 Å². The minimum Gasteiger partial charge on any atom is -0.461 e. The van der Waals surface area contributed by atoms with Crippen LogP contribution in [0.15, 0.2) is 39.7 Å². The summed E-state index contributed by atoms with van der Waals surface area (Å²) in [5, 5.41) is 7.89. The third kappa shape index (κ3) is 5.15. The zero-order valence-electron chi connectivity index (χ0n) is 16.0. The Morgan fingerprint density at radius 1 is 1.33 bits per heavy atom. The number of piperidine rings is 1. The Balaban J connectivity index is 1.51. The van der Waals surface area contributed by atoms with Gasteiger partial charge in [0, 0.05) is 44.0 Å². The Bertz CT molecular complexity index is 745. The van der Waals surface area contributed by atoms with Crippen LogP contribution in [0.1, 0.15) is 25.5 Å². The minimum absolute atomic E-state index is 0.250. The Hall–Kier alpha value is -2.70. The van der Waals surface area contributed by atoms with Crippen LogP contribution < -0.4 is 10.6 Å². The summed E-state index contributed by atoms with van der Waals surface area (Å²) in [5.41, 5.74) is 0.916. The summed E-state index contributed by atoms with van der Waals surface area (Å²) in [4.78, 5) is 18.0. The number of nitrogens with zero attached hydrogens (tertiary/aromatic N) is 2. The Labute approximate surface area is 159 Å². The van der Waals surface area contributed by atoms with Crippen LogP contribution in [0.3, 0.4) is 0 Å². The van der Waals surface area contributed by atoms with Crippen molar-refractivity contribution in [2.45, 2.75) is 32.2 Å². The van der Waals surface area contributed by atoms with Crippen LogP contribution in [-0.2, 0) is 11.2 Å². The van der Waals surface area contributed by atoms with E-state index in [-0.39, 0.29) is 6.09 Å². The smallest absolute Gasteiger partial charge is 0.409 e. The van der Waals surface area contributed by atoms with E-state index < -0.39 is 0 Å². The van der Waals surface area contributed by atoms with E-state index in [0.29, 0.717) is 25.7 Å². The van der Waals surface area contributed by atoms with Gasteiger partial charge in [-0.1, -0.05) is 18.2 Å². The molecule has 1 aliphatic heterocycles. The van der Waals surface area contributed by atoms with Crippen LogP contribution in [0.4, 0.5) is 4.79 Å². The summed E-state index contributed by atoms with van der Waals surface area (Å²) < 4.78 is 10.6. The van der Waals surface area contributed by atoms with E-state index in [1.807, 2.05) is 18.2 Å². The largest absolute Gasteiger partial charge is 0.461 e. The molecule has 0 radical (unpaired) electrons. The van der Waals surface area contributed by atoms with Gasteiger partial charge in [0.05, 0.1) is 7.11 Å². The fraction of sp³-hybridized carbons (Fsp3) is 0.500. The van der Waals surface area contributed by atoms with E-state index >= 15 is 0 Å². The van der Waals surface area contributed by atoms with Crippen molar-refractivity contribution in [1.29, 1.82) is 0 Å². The lowest BCUT2D eigenvalue weighted by atomic mass is 10.1. The Morgan fingerprint density at radius 2 is 2.11 bits per heavy atom. The van der Waals surface area contributed by atoms with E-state index in [2.05, 4.69) is 34.7 Å². The molecule has 7 heteroatoms. The number of ether oxygens (including phenoxy) is 1. The first-order valence-corrected chi connectivity index (χ1v) is 9.54. The number of fused-ring (bicyclic) bond motifs is 1. The molecule has 0 aliphatic carbocycles. The van der Waals surface area contributed by atoms with Gasteiger partial charge >= 0.3 is 6.09 Å². The van der Waals surface area contributed by atoms with Crippen molar-refractivity contribution < 1.29 is 13.9 Å². The normalized spacial score (nSPS) is 15.8. The second-order valence-electron chi connectivity index (χ2n) is 6.64. The molecule has 146 valence electrons. The number of hydrogen-bond donors (Lipinski definition) is 2. The maximum atomic E-state index is 11.6. The molecule has 7 nitrogen and oxygen atoms in total. The predicted molar refractivity (Wildman–Crippen MR) is 106 cm³/mol. The van der Waals surface area contributed by atoms with E-state index in [4.69, 9.17) is 9.15 Å². The molecule has 1 aliphatic rings. The van der Waals surface area contributed by atoms with Gasteiger partial charge in [0.15, 0.2) is 5.96 Å². The summed E-state index contributed by atoms with van der Waals surface area (Å²) in [6.45, 7) is 4.90. The van der Waals surface area contributed by atoms with Gasteiger partial charge in [-0.2, -0.15) is 0 Å². The summed E-state index contributed by atoms with van der Waals surface area (Å²) in [5.74, 6) is 1.76. The van der Waals surface area contributed by atoms with Crippen LogP contribution in [0.2, 0.25) is 0 Å². The number of benzene rings is 1. The number of carbonyl (C=O) groups is 1. The summed E-state index contributed by atoms with van der Waals surface area (Å²) >= 11 is 0. The fourth-order valence-electron chi connectivity index (χ4n) is 3.29. The van der Waals surface area contributed by atoms with E-state index in [1.165, 1.54) is 7.11 Å². The number of amides is 1. The molecule has 0 bridgehead atoms. The maximum absolute atomic E-state index is 11.6. The summed E-state index contributed by atoms with van der Waals surface area (Å²) in [7, 11) is 1.42. The fourth-order valence-corrected chi connectivity index (χ4v) is 3.29. The molecule has 27 heavy (non-hydrogen) atoms. The molecule has 1 aromatic carbocycles. The lowest BCUT2D eigenvalue weighted by Gasteiger charge is -2.32. The Morgan fingerprint density at radius 3 is 2.81 bits per heavy atom. The van der Waals surface area contributed by atoms with Crippen molar-refractivity contribution in [2.24, 2.45) is 4.99 Å². The van der Waals surface area contributed by atoms with Gasteiger partial charge in [-0.05, 0) is 31.9 Å². The number of guanidine groups is 1. The molecular formula is C20H28N4O3. The lowest BCUT2D eigenvalue weighted by Crippen LogP contribution is -2.49. The molecule has 1 fully saturated rings. The van der Waals surface area contributed by atoms with Crippen molar-refractivity contribution in [1.82, 2.24) is 15.5 Å². The highest BCUT2D eigenvalue weighted by Crippen LogP contribution is 2.19. The molecule has 2 heterocycles. The number of rotatable bonds is 5. The van der Waals surface area contributed by atoms with Crippen molar-refractivity contribution in [3.05, 3.63) is 36.1 Å². The predicted octanol–water partition coefficient (Wildman–Crippen LogP) is 2.76. The Kier molecular flexibility index (Phi) is 6.57. The van der Waals surface area contributed by atoms with E-state index in [1.54, 1.807) is 4.90 Å². The molecule has 2 aromatic rings. The third-order valence-corrected chi connectivity index (χ3v) is 4.72. The highest BCUT2D eigenvalue weighted by Gasteiger charge is 2.23. The van der Waals surface area contributed by atoms with Gasteiger partial charge in [0.2, 0.25) is 0 Å². The minimum atomic E-state index is -0.250. The molecule has 1 aromatic heterocycles. The standard InChI is InChI=1S/C20H28N4O3/c1-3-21-19(23-16-9-12-24(13-10-16)20(25)26-2)22-11-8-17-14-15-6-4-5-7-18(15)27-17/h4-7,14,16H,3,8-13H2,1-2H3,(H2,21,22,23). The second kappa shape index (κ2) is 9.30. The molecule has 1 saturated heterocycles. The average Bonchev–Trinajstić information content (AvgIpc) is 3.11. The first kappa shape index (κ1) is 19.1. The zero-order valence-corrected chi connectivity index (χ0v) is 16.0. The van der Waals surface area contributed by atoms with Crippen molar-refractivity contribution in [2.75, 3.05) is 33.3 Å². The SMILES string of the molecule is CCNC(=NCCc1cc2ccccc2o1)NC1CCN(C(=O)OC)CC1. The van der Waals surface area contributed by atoms with Crippen LogP contribution in [0.5, 0.6) is 0 Å². The maximum Gasteiger partial charge on any atom is 0.409 e. The van der Waals surface area contributed by atoms with E-state index in [0.717, 1.165) is 48.5 Å². The van der Waals surface area contributed by atoms with Gasteiger partial charge < -0.3 is 24.7 Å². The molecule has 0 saturated carbocycles. The quantitative estimate of drug-likeness (QED) is 0.623. The van der Waals surface area contributed by atoms with Crippen molar-refractivity contribution in [3.63, 3.8) is 0 Å². The zero-order chi connectivity index (χ0) is 19.1. The number of likely N-dealkylation sites (tertiary alicyclic amines) is 1. The molecule has 2 N–H and O–H groups in total. The van der Waals surface area contributed by atoms with Crippen LogP contribution in [-0.4, -0.2) is 56.3 Å². The average molecular weight is 372 g/mol. The summed E-state index contributed by atoms with van der Waals surface area (Å²) in [6, 6.07) is 10.4. The molecule has 0 atom stereocenters. The van der Waals surface area contributed by atoms with Gasteiger partial charge in [0.25, 0.3) is 0 Å². The van der Waals surface area contributed by atoms with Gasteiger partial charge in [-0.3, -0.25) is 4.99 Å².